The van der Waals surface area contributed by atoms with Crippen LogP contribution in [0.25, 0.3) is 22.5 Å². The van der Waals surface area contributed by atoms with E-state index < -0.39 is 53.7 Å². The van der Waals surface area contributed by atoms with E-state index in [1.165, 1.54) is 30.6 Å². The van der Waals surface area contributed by atoms with Crippen LogP contribution in [0.1, 0.15) is 78.5 Å². The van der Waals surface area contributed by atoms with Gasteiger partial charge in [0.1, 0.15) is 55.4 Å². The van der Waals surface area contributed by atoms with Crippen molar-refractivity contribution in [3.05, 3.63) is 94.3 Å². The van der Waals surface area contributed by atoms with Crippen LogP contribution in [0.2, 0.25) is 0 Å². The van der Waals surface area contributed by atoms with Crippen molar-refractivity contribution in [3.8, 4) is 40.1 Å². The first kappa shape index (κ1) is 53.7. The van der Waals surface area contributed by atoms with E-state index in [2.05, 4.69) is 58.1 Å². The molecule has 5 rings (SSSR count). The second-order valence-electron chi connectivity index (χ2n) is 17.5. The zero-order chi connectivity index (χ0) is 50.4. The highest BCUT2D eigenvalue weighted by Crippen LogP contribution is 2.41. The average Bonchev–Trinajstić information content (AvgIpc) is 3.31. The lowest BCUT2D eigenvalue weighted by molar-refractivity contribution is -0.141. The van der Waals surface area contributed by atoms with Gasteiger partial charge < -0.3 is 52.8 Å². The quantitative estimate of drug-likeness (QED) is 0.0554. The van der Waals surface area contributed by atoms with Gasteiger partial charge in [-0.25, -0.2) is 9.97 Å². The Hall–Kier alpha value is -6.24. The van der Waals surface area contributed by atoms with Gasteiger partial charge in [-0.15, -0.1) is 0 Å². The van der Waals surface area contributed by atoms with E-state index in [4.69, 9.17) is 26.7 Å². The van der Waals surface area contributed by atoms with Gasteiger partial charge in [-0.2, -0.15) is 5.26 Å². The van der Waals surface area contributed by atoms with Crippen LogP contribution in [-0.2, 0) is 31.4 Å². The summed E-state index contributed by atoms with van der Waals surface area (Å²) in [6.07, 6.45) is 1.42. The molecule has 5 amide bonds. The highest BCUT2D eigenvalue weighted by Gasteiger charge is 2.36. The lowest BCUT2D eigenvalue weighted by atomic mass is 9.93. The molecule has 4 atom stereocenters. The normalized spacial score (nSPS) is 16.4. The number of nitrogens with zero attached hydrogens (tertiary/aromatic N) is 4. The van der Waals surface area contributed by atoms with E-state index in [-0.39, 0.29) is 62.5 Å². The number of amides is 5. The fourth-order valence-corrected chi connectivity index (χ4v) is 9.94. The fourth-order valence-electron chi connectivity index (χ4n) is 7.46. The molecule has 1 aromatic heterocycles. The largest absolute Gasteiger partial charge is 0.492 e. The smallest absolute Gasteiger partial charge is 0.255 e. The number of aromatic nitrogens is 2. The molecule has 1 aliphatic heterocycles. The number of nitrogens with one attached hydrogen (secondary N) is 4. The molecule has 368 valence electrons. The van der Waals surface area contributed by atoms with Crippen LogP contribution in [-0.4, -0.2) is 114 Å². The summed E-state index contributed by atoms with van der Waals surface area (Å²) in [6, 6.07) is 13.1. The minimum Gasteiger partial charge on any atom is -0.492 e. The van der Waals surface area contributed by atoms with Gasteiger partial charge in [0, 0.05) is 59.9 Å². The molecule has 0 fully saturated rings. The molecule has 2 heterocycles. The lowest BCUT2D eigenvalue weighted by Crippen LogP contribution is -2.56. The standard InChI is InChI=1S/C49H63N11O7S2/c1-28-22-33(9-10-34(28)27-68-69-49(4,5)6)43-55-26-37(29(2)56-43)45(62)58-38(14-15-50)48(65)60(7)42-32-11-13-41(67-21-18-53)36(25-32)35-23-31(8-12-40(35)66-20-17-52)24-39(46(63)54-19-16-51)59-44(61)30(3)57-47(42)64/h8-13,22-23,25-26,30,38-39,42H,14-15,17-21,24,27,50,52-53H2,1-7H3,(H,54,63)(H,57,64)(H,58,62)(H,59,61)/t30-,38-,39-,42-/m0/s1. The molecule has 20 heteroatoms. The Morgan fingerprint density at radius 3 is 2.25 bits per heavy atom. The van der Waals surface area contributed by atoms with Gasteiger partial charge in [0.25, 0.3) is 5.91 Å². The number of fused-ring (bicyclic) bond motifs is 5. The third-order valence-electron chi connectivity index (χ3n) is 11.0. The van der Waals surface area contributed by atoms with E-state index >= 15 is 0 Å². The number of carbonyl (C=O) groups is 5. The SMILES string of the molecule is Cc1cc(-c2ncc(C(=O)N[C@@H](CCN)C(=O)N(C)[C@@H]3C(=O)N[C@@H](C)C(=O)N[C@H](C(=O)NCC#N)Cc4ccc(OCCN)c(c4)-c4cc3ccc4OCCN)c(C)n2)ccc1CSSC(C)(C)C. The zero-order valence-electron chi connectivity index (χ0n) is 40.1. The number of ether oxygens (including phenoxy) is 2. The van der Waals surface area contributed by atoms with Crippen LogP contribution in [0.15, 0.2) is 60.8 Å². The number of hydrogen-bond donors (Lipinski definition) is 7. The molecule has 0 saturated carbocycles. The second kappa shape index (κ2) is 24.9. The summed E-state index contributed by atoms with van der Waals surface area (Å²) in [7, 11) is 5.05. The van der Waals surface area contributed by atoms with E-state index in [0.29, 0.717) is 45.3 Å². The highest BCUT2D eigenvalue weighted by molar-refractivity contribution is 8.76. The first-order chi connectivity index (χ1) is 32.9. The summed E-state index contributed by atoms with van der Waals surface area (Å²) >= 11 is 0. The van der Waals surface area contributed by atoms with E-state index in [9.17, 15) is 29.2 Å². The predicted octanol–water partition coefficient (Wildman–Crippen LogP) is 3.61. The van der Waals surface area contributed by atoms with Crippen LogP contribution in [0.5, 0.6) is 11.5 Å². The number of benzene rings is 3. The third kappa shape index (κ3) is 14.4. The number of nitriles is 1. The molecule has 4 aromatic rings. The first-order valence-electron chi connectivity index (χ1n) is 22.6. The van der Waals surface area contributed by atoms with E-state index in [0.717, 1.165) is 16.9 Å². The van der Waals surface area contributed by atoms with Crippen molar-refractivity contribution in [2.75, 3.05) is 46.4 Å². The summed E-state index contributed by atoms with van der Waals surface area (Å²) in [5.41, 5.74) is 23.2. The number of nitrogens with two attached hydrogens (primary N) is 3. The van der Waals surface area contributed by atoms with Gasteiger partial charge >= 0.3 is 0 Å². The molecule has 10 N–H and O–H groups in total. The van der Waals surface area contributed by atoms with Crippen LogP contribution in [0.3, 0.4) is 0 Å². The summed E-state index contributed by atoms with van der Waals surface area (Å²) in [4.78, 5) is 80.8. The minimum absolute atomic E-state index is 0.000770. The number of rotatable bonds is 18. The Morgan fingerprint density at radius 1 is 0.942 bits per heavy atom. The Kier molecular flexibility index (Phi) is 19.4. The summed E-state index contributed by atoms with van der Waals surface area (Å²) < 4.78 is 12.3. The third-order valence-corrected chi connectivity index (χ3v) is 14.2. The van der Waals surface area contributed by atoms with Gasteiger partial charge in [0.15, 0.2) is 5.82 Å². The second-order valence-corrected chi connectivity index (χ2v) is 20.6. The Labute approximate surface area is 411 Å². The van der Waals surface area contributed by atoms with Crippen LogP contribution >= 0.6 is 21.6 Å². The molecule has 69 heavy (non-hydrogen) atoms. The number of likely N-dealkylation sites (N-methyl/N-ethyl adjacent to an activating group) is 1. The molecule has 1 aliphatic rings. The number of hydrogen-bond acceptors (Lipinski definition) is 15. The maximum Gasteiger partial charge on any atom is 0.255 e. The zero-order valence-corrected chi connectivity index (χ0v) is 41.8. The molecule has 0 spiro atoms. The van der Waals surface area contributed by atoms with Crippen molar-refractivity contribution in [3.63, 3.8) is 0 Å². The molecular weight excluding hydrogens is 919 g/mol. The molecule has 4 bridgehead atoms. The van der Waals surface area contributed by atoms with Crippen LogP contribution in [0.4, 0.5) is 0 Å². The van der Waals surface area contributed by atoms with Crippen molar-refractivity contribution < 1.29 is 33.4 Å². The predicted molar refractivity (Wildman–Crippen MR) is 269 cm³/mol. The van der Waals surface area contributed by atoms with Gasteiger partial charge in [-0.05, 0) is 86.3 Å². The van der Waals surface area contributed by atoms with Gasteiger partial charge in [-0.1, -0.05) is 66.6 Å². The monoisotopic (exact) mass is 981 g/mol. The Morgan fingerprint density at radius 2 is 1.62 bits per heavy atom. The summed E-state index contributed by atoms with van der Waals surface area (Å²) in [5, 5.41) is 19.9. The highest BCUT2D eigenvalue weighted by atomic mass is 33.1. The van der Waals surface area contributed by atoms with E-state index in [1.54, 1.807) is 54.1 Å². The molecule has 0 unspecified atom stereocenters. The minimum atomic E-state index is -1.41. The van der Waals surface area contributed by atoms with Crippen LogP contribution in [0, 0.1) is 25.2 Å². The Balaban J connectivity index is 1.51. The lowest BCUT2D eigenvalue weighted by Gasteiger charge is -2.32. The maximum atomic E-state index is 14.7. The molecule has 3 aromatic carbocycles. The van der Waals surface area contributed by atoms with Gasteiger partial charge in [0.2, 0.25) is 23.6 Å². The van der Waals surface area contributed by atoms with Crippen LogP contribution < -0.4 is 47.9 Å². The number of carbonyl (C=O) groups excluding carboxylic acids is 5. The average molecular weight is 982 g/mol. The number of aryl methyl sites for hydroxylation is 2. The van der Waals surface area contributed by atoms with Crippen molar-refractivity contribution in [1.29, 1.82) is 5.26 Å². The van der Waals surface area contributed by atoms with Gasteiger partial charge in [-0.3, -0.25) is 24.0 Å². The van der Waals surface area contributed by atoms with Crippen molar-refractivity contribution in [2.45, 2.75) is 89.1 Å². The molecule has 18 nitrogen and oxygen atoms in total. The van der Waals surface area contributed by atoms with Crippen molar-refractivity contribution >= 4 is 51.1 Å². The fraction of sp³-hybridized carbons (Fsp3) is 0.429. The Bertz CT molecular complexity index is 2550. The molecule has 0 aliphatic carbocycles. The van der Waals surface area contributed by atoms with Crippen molar-refractivity contribution in [2.24, 2.45) is 17.2 Å². The van der Waals surface area contributed by atoms with E-state index in [1.807, 2.05) is 35.9 Å². The topological polar surface area (TPSA) is 283 Å². The molecular formula is C49H63N11O7S2. The van der Waals surface area contributed by atoms with Crippen molar-refractivity contribution in [1.82, 2.24) is 36.1 Å². The maximum absolute atomic E-state index is 14.7. The molecule has 0 radical (unpaired) electrons. The first-order valence-corrected chi connectivity index (χ1v) is 24.9. The molecule has 0 saturated heterocycles. The summed E-state index contributed by atoms with van der Waals surface area (Å²) in [6.45, 7) is 12.1. The summed E-state index contributed by atoms with van der Waals surface area (Å²) in [5.74, 6) is -1.31. The van der Waals surface area contributed by atoms with Gasteiger partial charge in [0.05, 0.1) is 17.3 Å².